The Balaban J connectivity index is 1.17. The van der Waals surface area contributed by atoms with E-state index in [1.807, 2.05) is 6.07 Å². The smallest absolute Gasteiger partial charge is 0.453 e. The van der Waals surface area contributed by atoms with Crippen molar-refractivity contribution < 1.29 is 36.4 Å². The van der Waals surface area contributed by atoms with E-state index in [0.29, 0.717) is 35.7 Å². The number of phenolic OH excluding ortho intramolecular Hbond substituents is 1. The first-order valence-corrected chi connectivity index (χ1v) is 16.8. The lowest BCUT2D eigenvalue weighted by molar-refractivity contribution is -0.284. The van der Waals surface area contributed by atoms with E-state index in [0.717, 1.165) is 76.2 Å². The van der Waals surface area contributed by atoms with Crippen molar-refractivity contribution in [3.63, 3.8) is 0 Å². The number of halogens is 5. The zero-order valence-electron chi connectivity index (χ0n) is 24.0. The summed E-state index contributed by atoms with van der Waals surface area (Å²) in [6.07, 6.45) is 6.77. The molecular formula is C32H45F5O3S. The predicted molar refractivity (Wildman–Crippen MR) is 153 cm³/mol. The molecule has 0 bridgehead atoms. The molecule has 6 atom stereocenters. The van der Waals surface area contributed by atoms with Gasteiger partial charge in [0.1, 0.15) is 5.75 Å². The van der Waals surface area contributed by atoms with E-state index in [1.165, 1.54) is 11.1 Å². The second-order valence-corrected chi connectivity index (χ2v) is 14.5. The summed E-state index contributed by atoms with van der Waals surface area (Å²) in [4.78, 5) is 0. The third-order valence-electron chi connectivity index (χ3n) is 10.1. The highest BCUT2D eigenvalue weighted by atomic mass is 32.2. The van der Waals surface area contributed by atoms with Gasteiger partial charge in [-0.15, -0.1) is 0 Å². The quantitative estimate of drug-likeness (QED) is 0.165. The molecule has 2 saturated carbocycles. The first kappa shape index (κ1) is 32.4. The van der Waals surface area contributed by atoms with Gasteiger partial charge in [-0.2, -0.15) is 22.0 Å². The molecule has 1 aromatic rings. The fourth-order valence-corrected chi connectivity index (χ4v) is 8.91. The van der Waals surface area contributed by atoms with Crippen LogP contribution in [0.25, 0.3) is 6.08 Å². The van der Waals surface area contributed by atoms with Crippen molar-refractivity contribution in [3.05, 3.63) is 34.9 Å². The highest BCUT2D eigenvalue weighted by Crippen LogP contribution is 2.62. The molecule has 0 aliphatic heterocycles. The van der Waals surface area contributed by atoms with Crippen molar-refractivity contribution in [3.8, 4) is 5.75 Å². The fourth-order valence-electron chi connectivity index (χ4n) is 7.71. The number of fused-ring (bicyclic) bond motifs is 5. The van der Waals surface area contributed by atoms with Gasteiger partial charge in [0, 0.05) is 28.7 Å². The normalized spacial score (nSPS) is 28.5. The van der Waals surface area contributed by atoms with Crippen LogP contribution in [0.15, 0.2) is 23.8 Å². The van der Waals surface area contributed by atoms with E-state index in [1.54, 1.807) is 6.07 Å². The van der Waals surface area contributed by atoms with Crippen molar-refractivity contribution in [2.24, 2.45) is 17.3 Å². The monoisotopic (exact) mass is 604 g/mol. The second kappa shape index (κ2) is 13.4. The summed E-state index contributed by atoms with van der Waals surface area (Å²) in [5.41, 5.74) is 3.91. The van der Waals surface area contributed by atoms with Crippen LogP contribution < -0.4 is 0 Å². The second-order valence-electron chi connectivity index (χ2n) is 12.8. The Morgan fingerprint density at radius 3 is 2.29 bits per heavy atom. The van der Waals surface area contributed by atoms with E-state index >= 15 is 0 Å². The largest absolute Gasteiger partial charge is 0.508 e. The number of hydrogen-bond acceptors (Lipinski definition) is 3. The molecule has 0 unspecified atom stereocenters. The zero-order chi connectivity index (χ0) is 29.8. The van der Waals surface area contributed by atoms with E-state index in [9.17, 15) is 36.4 Å². The van der Waals surface area contributed by atoms with Crippen LogP contribution in [-0.2, 0) is 10.8 Å². The fraction of sp³-hybridized carbons (Fsp3) is 0.750. The van der Waals surface area contributed by atoms with Crippen LogP contribution in [0.4, 0.5) is 22.0 Å². The lowest BCUT2D eigenvalue weighted by Gasteiger charge is -2.50. The number of hydrogen-bond donors (Lipinski definition) is 2. The number of unbranched alkanes of at least 4 members (excludes halogenated alkanes) is 6. The summed E-state index contributed by atoms with van der Waals surface area (Å²) in [5, 5.41) is 20.9. The summed E-state index contributed by atoms with van der Waals surface area (Å²) in [7, 11) is -1.36. The third-order valence-corrected chi connectivity index (χ3v) is 11.6. The molecule has 1 aromatic carbocycles. The van der Waals surface area contributed by atoms with Crippen molar-refractivity contribution >= 4 is 16.9 Å². The van der Waals surface area contributed by atoms with Gasteiger partial charge in [0.15, 0.2) is 0 Å². The molecule has 4 rings (SSSR count). The van der Waals surface area contributed by atoms with Crippen molar-refractivity contribution in [2.75, 3.05) is 11.5 Å². The number of aliphatic hydroxyl groups is 1. The first-order valence-electron chi connectivity index (χ1n) is 15.3. The van der Waals surface area contributed by atoms with Gasteiger partial charge in [0.2, 0.25) is 0 Å². The first-order chi connectivity index (χ1) is 19.3. The molecule has 0 saturated heterocycles. The number of allylic oxidation sites excluding steroid dienone is 1. The van der Waals surface area contributed by atoms with Gasteiger partial charge in [-0.05, 0) is 97.8 Å². The molecule has 0 radical (unpaired) electrons. The minimum Gasteiger partial charge on any atom is -0.508 e. The third kappa shape index (κ3) is 7.54. The number of phenols is 1. The van der Waals surface area contributed by atoms with Crippen molar-refractivity contribution in [1.82, 2.24) is 0 Å². The van der Waals surface area contributed by atoms with Crippen molar-refractivity contribution in [2.45, 2.75) is 121 Å². The standard InChI is InChI=1S/C32H45F5O3S/c1-30-17-15-26-25-12-11-24(38)21-23(25)20-22(29(26)27(30)13-14-28(30)39)10-7-5-3-2-4-6-8-18-41(40)19-9-16-31(33,34)32(35,36)37/h11-12,20-21,26-29,38-39H,2-10,13-19H2,1H3/t26-,27+,28+,29-,30+,41+/m1/s1. The minimum atomic E-state index is -5.55. The Bertz CT molecular complexity index is 1090. The average molecular weight is 605 g/mol. The lowest BCUT2D eigenvalue weighted by Crippen LogP contribution is -2.44. The Hall–Kier alpha value is -1.48. The molecule has 0 heterocycles. The highest BCUT2D eigenvalue weighted by molar-refractivity contribution is 7.84. The van der Waals surface area contributed by atoms with Gasteiger partial charge in [-0.3, -0.25) is 4.21 Å². The maximum Gasteiger partial charge on any atom is 0.453 e. The summed E-state index contributed by atoms with van der Waals surface area (Å²) in [6.45, 7) is 2.28. The summed E-state index contributed by atoms with van der Waals surface area (Å²) < 4.78 is 74.5. The number of benzene rings is 1. The molecule has 0 aromatic heterocycles. The minimum absolute atomic E-state index is 0.0213. The number of rotatable bonds is 14. The van der Waals surface area contributed by atoms with Gasteiger partial charge in [0.25, 0.3) is 0 Å². The molecule has 3 aliphatic carbocycles. The zero-order valence-corrected chi connectivity index (χ0v) is 24.8. The summed E-state index contributed by atoms with van der Waals surface area (Å²) in [5.74, 6) is -2.82. The molecule has 3 aliphatic rings. The van der Waals surface area contributed by atoms with E-state index in [2.05, 4.69) is 19.1 Å². The predicted octanol–water partition coefficient (Wildman–Crippen LogP) is 8.91. The molecule has 0 amide bonds. The molecule has 232 valence electrons. The topological polar surface area (TPSA) is 57.5 Å². The SMILES string of the molecule is C[C@]12CC[C@@H]3c4ccc(O)cc4C=C(CCCCCCCCC[S@](=O)CCCC(F)(F)C(F)(F)F)[C@H]3[C@@H]1CC[C@@H]2O. The highest BCUT2D eigenvalue weighted by Gasteiger charge is 2.57. The van der Waals surface area contributed by atoms with E-state index < -0.39 is 35.7 Å². The molecule has 9 heteroatoms. The summed E-state index contributed by atoms with van der Waals surface area (Å²) >= 11 is 0. The van der Waals surface area contributed by atoms with Gasteiger partial charge < -0.3 is 10.2 Å². The van der Waals surface area contributed by atoms with E-state index in [-0.39, 0.29) is 17.3 Å². The van der Waals surface area contributed by atoms with Crippen LogP contribution in [0.2, 0.25) is 0 Å². The van der Waals surface area contributed by atoms with Crippen LogP contribution in [-0.4, -0.2) is 44.1 Å². The summed E-state index contributed by atoms with van der Waals surface area (Å²) in [6, 6.07) is 5.77. The van der Waals surface area contributed by atoms with Crippen molar-refractivity contribution in [1.29, 1.82) is 0 Å². The maximum atomic E-state index is 12.9. The number of alkyl halides is 5. The Morgan fingerprint density at radius 1 is 0.927 bits per heavy atom. The average Bonchev–Trinajstić information content (AvgIpc) is 3.20. The maximum absolute atomic E-state index is 12.9. The Morgan fingerprint density at radius 2 is 1.59 bits per heavy atom. The van der Waals surface area contributed by atoms with Crippen LogP contribution in [0, 0.1) is 17.3 Å². The molecule has 3 nitrogen and oxygen atoms in total. The number of aromatic hydroxyl groups is 1. The molecule has 0 spiro atoms. The van der Waals surface area contributed by atoms with Gasteiger partial charge in [-0.1, -0.05) is 56.7 Å². The van der Waals surface area contributed by atoms with E-state index in [4.69, 9.17) is 0 Å². The van der Waals surface area contributed by atoms with Crippen LogP contribution >= 0.6 is 0 Å². The van der Waals surface area contributed by atoms with Gasteiger partial charge in [0.05, 0.1) is 6.10 Å². The molecule has 2 fully saturated rings. The van der Waals surface area contributed by atoms with Crippen LogP contribution in [0.5, 0.6) is 5.75 Å². The van der Waals surface area contributed by atoms with Crippen LogP contribution in [0.3, 0.4) is 0 Å². The van der Waals surface area contributed by atoms with Gasteiger partial charge >= 0.3 is 12.1 Å². The Labute approximate surface area is 243 Å². The Kier molecular flexibility index (Phi) is 10.6. The number of aliphatic hydroxyl groups excluding tert-OH is 1. The lowest BCUT2D eigenvalue weighted by atomic mass is 9.54. The van der Waals surface area contributed by atoms with Crippen LogP contribution in [0.1, 0.15) is 114 Å². The molecular weight excluding hydrogens is 559 g/mol. The molecule has 41 heavy (non-hydrogen) atoms. The molecule has 2 N–H and O–H groups in total. The van der Waals surface area contributed by atoms with Gasteiger partial charge in [-0.25, -0.2) is 0 Å².